The molecule has 4 nitrogen and oxygen atoms in total. The minimum Gasteiger partial charge on any atom is -0.317 e. The monoisotopic (exact) mass is 262 g/mol. The third-order valence-corrected chi connectivity index (χ3v) is 4.74. The lowest BCUT2D eigenvalue weighted by molar-refractivity contribution is 0.192. The quantitative estimate of drug-likeness (QED) is 0.903. The smallest absolute Gasteiger partial charge is 0.0764 e. The first-order valence-corrected chi connectivity index (χ1v) is 7.79. The van der Waals surface area contributed by atoms with Crippen LogP contribution in [0.15, 0.2) is 12.3 Å². The minimum atomic E-state index is 0.670. The van der Waals surface area contributed by atoms with E-state index in [1.54, 1.807) is 0 Å². The number of piperidine rings is 1. The van der Waals surface area contributed by atoms with Gasteiger partial charge in [0.1, 0.15) is 0 Å². The lowest BCUT2D eigenvalue weighted by Gasteiger charge is -2.31. The fourth-order valence-corrected chi connectivity index (χ4v) is 3.44. The molecule has 0 radical (unpaired) electrons. The van der Waals surface area contributed by atoms with E-state index in [9.17, 15) is 0 Å². The summed E-state index contributed by atoms with van der Waals surface area (Å²) in [4.78, 5) is 2.54. The van der Waals surface area contributed by atoms with Crippen LogP contribution in [0.2, 0.25) is 0 Å². The van der Waals surface area contributed by atoms with Crippen molar-refractivity contribution in [1.29, 1.82) is 0 Å². The number of nitrogens with zero attached hydrogens (tertiary/aromatic N) is 3. The molecule has 0 aromatic carbocycles. The summed E-state index contributed by atoms with van der Waals surface area (Å²) in [5, 5.41) is 8.17. The molecule has 3 rings (SSSR count). The second kappa shape index (κ2) is 6.06. The lowest BCUT2D eigenvalue weighted by atomic mass is 10.1. The van der Waals surface area contributed by atoms with Gasteiger partial charge in [-0.3, -0.25) is 9.58 Å². The Kier molecular flexibility index (Phi) is 4.18. The fraction of sp³-hybridized carbons (Fsp3) is 0.800. The molecular formula is C15H26N4. The molecule has 19 heavy (non-hydrogen) atoms. The van der Waals surface area contributed by atoms with E-state index in [0.717, 1.165) is 6.54 Å². The highest BCUT2D eigenvalue weighted by molar-refractivity contribution is 5.00. The minimum absolute atomic E-state index is 0.670. The van der Waals surface area contributed by atoms with Crippen LogP contribution >= 0.6 is 0 Å². The summed E-state index contributed by atoms with van der Waals surface area (Å²) < 4.78 is 2.21. The van der Waals surface area contributed by atoms with Gasteiger partial charge in [0.15, 0.2) is 0 Å². The van der Waals surface area contributed by atoms with Gasteiger partial charge in [0.05, 0.1) is 11.7 Å². The summed E-state index contributed by atoms with van der Waals surface area (Å²) in [6, 6.07) is 3.60. The normalized spacial score (nSPS) is 23.2. The summed E-state index contributed by atoms with van der Waals surface area (Å²) in [7, 11) is 2.07. The number of hydrogen-bond donors (Lipinski definition) is 1. The van der Waals surface area contributed by atoms with E-state index < -0.39 is 0 Å². The third-order valence-electron chi connectivity index (χ3n) is 4.74. The Balaban J connectivity index is 1.52. The van der Waals surface area contributed by atoms with Crippen LogP contribution in [0, 0.1) is 0 Å². The van der Waals surface area contributed by atoms with Gasteiger partial charge in [-0.05, 0) is 38.8 Å². The van der Waals surface area contributed by atoms with Crippen LogP contribution in [0.4, 0.5) is 0 Å². The summed E-state index contributed by atoms with van der Waals surface area (Å²) >= 11 is 0. The predicted octanol–water partition coefficient (Wildman–Crippen LogP) is 2.18. The molecule has 2 aliphatic rings. The van der Waals surface area contributed by atoms with Crippen LogP contribution in [-0.2, 0) is 6.54 Å². The zero-order chi connectivity index (χ0) is 13.1. The van der Waals surface area contributed by atoms with E-state index in [1.165, 1.54) is 57.3 Å². The molecular weight excluding hydrogens is 236 g/mol. The SMILES string of the molecule is CNC1CCN(Cc2ccn(C3CCCC3)n2)CC1. The first kappa shape index (κ1) is 13.1. The molecule has 2 heterocycles. The van der Waals surface area contributed by atoms with Crippen molar-refractivity contribution in [2.24, 2.45) is 0 Å². The Morgan fingerprint density at radius 2 is 1.95 bits per heavy atom. The second-order valence-corrected chi connectivity index (χ2v) is 6.06. The molecule has 1 aromatic heterocycles. The van der Waals surface area contributed by atoms with Crippen LogP contribution in [0.5, 0.6) is 0 Å². The summed E-state index contributed by atoms with van der Waals surface area (Å²) in [5.74, 6) is 0. The topological polar surface area (TPSA) is 33.1 Å². The molecule has 0 atom stereocenters. The van der Waals surface area contributed by atoms with E-state index in [1.807, 2.05) is 0 Å². The molecule has 2 fully saturated rings. The molecule has 1 aliphatic heterocycles. The zero-order valence-corrected chi connectivity index (χ0v) is 12.0. The van der Waals surface area contributed by atoms with E-state index in [4.69, 9.17) is 5.10 Å². The van der Waals surface area contributed by atoms with Gasteiger partial charge in [0.2, 0.25) is 0 Å². The van der Waals surface area contributed by atoms with Gasteiger partial charge in [0, 0.05) is 31.9 Å². The highest BCUT2D eigenvalue weighted by Gasteiger charge is 2.20. The Bertz CT molecular complexity index is 387. The number of rotatable bonds is 4. The van der Waals surface area contributed by atoms with Crippen molar-refractivity contribution in [2.45, 2.75) is 57.2 Å². The predicted molar refractivity (Wildman–Crippen MR) is 77.1 cm³/mol. The van der Waals surface area contributed by atoms with Crippen LogP contribution in [0.3, 0.4) is 0 Å². The largest absolute Gasteiger partial charge is 0.317 e. The average molecular weight is 262 g/mol. The van der Waals surface area contributed by atoms with Gasteiger partial charge in [0.25, 0.3) is 0 Å². The highest BCUT2D eigenvalue weighted by atomic mass is 15.3. The van der Waals surface area contributed by atoms with Crippen molar-refractivity contribution in [3.63, 3.8) is 0 Å². The van der Waals surface area contributed by atoms with Gasteiger partial charge in [-0.15, -0.1) is 0 Å². The maximum atomic E-state index is 4.78. The summed E-state index contributed by atoms with van der Waals surface area (Å²) in [6.45, 7) is 3.42. The van der Waals surface area contributed by atoms with Gasteiger partial charge in [-0.25, -0.2) is 0 Å². The van der Waals surface area contributed by atoms with E-state index in [2.05, 4.69) is 34.2 Å². The Hall–Kier alpha value is -0.870. The maximum absolute atomic E-state index is 4.78. The highest BCUT2D eigenvalue weighted by Crippen LogP contribution is 2.28. The zero-order valence-electron chi connectivity index (χ0n) is 12.0. The van der Waals surface area contributed by atoms with Crippen molar-refractivity contribution < 1.29 is 0 Å². The average Bonchev–Trinajstić information content (AvgIpc) is 3.10. The Labute approximate surface area is 116 Å². The number of aromatic nitrogens is 2. The van der Waals surface area contributed by atoms with Crippen molar-refractivity contribution >= 4 is 0 Å². The van der Waals surface area contributed by atoms with Gasteiger partial charge in [-0.1, -0.05) is 12.8 Å². The van der Waals surface area contributed by atoms with Crippen molar-refractivity contribution in [1.82, 2.24) is 20.0 Å². The molecule has 1 N–H and O–H groups in total. The molecule has 0 amide bonds. The first-order chi connectivity index (χ1) is 9.35. The van der Waals surface area contributed by atoms with Crippen LogP contribution < -0.4 is 5.32 Å². The van der Waals surface area contributed by atoms with Gasteiger partial charge < -0.3 is 5.32 Å². The van der Waals surface area contributed by atoms with Crippen molar-refractivity contribution in [3.8, 4) is 0 Å². The van der Waals surface area contributed by atoms with Crippen molar-refractivity contribution in [3.05, 3.63) is 18.0 Å². The second-order valence-electron chi connectivity index (χ2n) is 6.06. The van der Waals surface area contributed by atoms with Gasteiger partial charge in [-0.2, -0.15) is 5.10 Å². The van der Waals surface area contributed by atoms with E-state index >= 15 is 0 Å². The fourth-order valence-electron chi connectivity index (χ4n) is 3.44. The van der Waals surface area contributed by atoms with Crippen molar-refractivity contribution in [2.75, 3.05) is 20.1 Å². The molecule has 1 saturated carbocycles. The molecule has 1 saturated heterocycles. The third kappa shape index (κ3) is 3.18. The lowest BCUT2D eigenvalue weighted by Crippen LogP contribution is -2.40. The molecule has 0 spiro atoms. The molecule has 1 aliphatic carbocycles. The molecule has 0 bridgehead atoms. The number of hydrogen-bond acceptors (Lipinski definition) is 3. The van der Waals surface area contributed by atoms with E-state index in [-0.39, 0.29) is 0 Å². The Morgan fingerprint density at radius 3 is 2.63 bits per heavy atom. The van der Waals surface area contributed by atoms with Crippen LogP contribution in [0.1, 0.15) is 50.3 Å². The van der Waals surface area contributed by atoms with Crippen LogP contribution in [0.25, 0.3) is 0 Å². The summed E-state index contributed by atoms with van der Waals surface area (Å²) in [6.07, 6.45) is 10.1. The first-order valence-electron chi connectivity index (χ1n) is 7.79. The Morgan fingerprint density at radius 1 is 1.21 bits per heavy atom. The maximum Gasteiger partial charge on any atom is 0.0764 e. The molecule has 1 aromatic rings. The standard InChI is InChI=1S/C15H26N4/c1-16-13-6-9-18(10-7-13)12-14-8-11-19(17-14)15-4-2-3-5-15/h8,11,13,15-16H,2-7,9-10,12H2,1H3. The molecule has 106 valence electrons. The summed E-state index contributed by atoms with van der Waals surface area (Å²) in [5.41, 5.74) is 1.25. The molecule has 4 heteroatoms. The molecule has 0 unspecified atom stereocenters. The number of nitrogens with one attached hydrogen (secondary N) is 1. The van der Waals surface area contributed by atoms with Gasteiger partial charge >= 0.3 is 0 Å². The van der Waals surface area contributed by atoms with E-state index in [0.29, 0.717) is 12.1 Å². The number of likely N-dealkylation sites (tertiary alicyclic amines) is 1. The van der Waals surface area contributed by atoms with Crippen LogP contribution in [-0.4, -0.2) is 40.9 Å².